The van der Waals surface area contributed by atoms with Gasteiger partial charge in [0.1, 0.15) is 24.3 Å². The molecule has 1 N–H and O–H groups in total. The van der Waals surface area contributed by atoms with Crippen LogP contribution in [0.3, 0.4) is 0 Å². The van der Waals surface area contributed by atoms with Crippen LogP contribution in [-0.4, -0.2) is 20.4 Å². The van der Waals surface area contributed by atoms with Crippen LogP contribution in [0.25, 0.3) is 33.6 Å². The fourth-order valence-electron chi connectivity index (χ4n) is 3.76. The third-order valence-corrected chi connectivity index (χ3v) is 5.46. The van der Waals surface area contributed by atoms with Gasteiger partial charge in [-0.25, -0.2) is 9.37 Å². The number of oxazole rings is 1. The van der Waals surface area contributed by atoms with Crippen molar-refractivity contribution in [3.05, 3.63) is 96.4 Å². The van der Waals surface area contributed by atoms with E-state index in [9.17, 15) is 9.18 Å². The van der Waals surface area contributed by atoms with Crippen molar-refractivity contribution in [2.75, 3.05) is 0 Å². The number of rotatable bonds is 6. The van der Waals surface area contributed by atoms with E-state index in [4.69, 9.17) is 9.68 Å². The highest BCUT2D eigenvalue weighted by atomic mass is 19.1. The standard InChI is InChI=1S/C26H18FN5O2/c27-21-6-8-23-20(11-21)12-24(26-29-9-10-34-26)32(23)16-25(33)31-15-22-7-5-19(14-30-22)18-3-1-17(13-28)2-4-18/h1-12,14H,15-16H2,(H,31,33). The van der Waals surface area contributed by atoms with Gasteiger partial charge in [-0.05, 0) is 48.0 Å². The van der Waals surface area contributed by atoms with Crippen molar-refractivity contribution in [3.63, 3.8) is 0 Å². The molecule has 166 valence electrons. The Morgan fingerprint density at radius 3 is 2.59 bits per heavy atom. The van der Waals surface area contributed by atoms with Crippen LogP contribution in [0.4, 0.5) is 4.39 Å². The second-order valence-corrected chi connectivity index (χ2v) is 7.66. The molecule has 5 rings (SSSR count). The van der Waals surface area contributed by atoms with Crippen LogP contribution in [-0.2, 0) is 17.9 Å². The predicted octanol–water partition coefficient (Wildman–Crippen LogP) is 4.69. The molecule has 0 saturated carbocycles. The number of pyridine rings is 1. The normalized spacial score (nSPS) is 10.8. The first kappa shape index (κ1) is 21.1. The highest BCUT2D eigenvalue weighted by Crippen LogP contribution is 2.28. The molecule has 0 aliphatic heterocycles. The van der Waals surface area contributed by atoms with E-state index in [-0.39, 0.29) is 24.8 Å². The van der Waals surface area contributed by atoms with Crippen LogP contribution in [0.15, 0.2) is 83.7 Å². The number of nitrogens with one attached hydrogen (secondary N) is 1. The van der Waals surface area contributed by atoms with Crippen molar-refractivity contribution in [2.24, 2.45) is 0 Å². The van der Waals surface area contributed by atoms with Gasteiger partial charge in [0, 0.05) is 22.7 Å². The van der Waals surface area contributed by atoms with Gasteiger partial charge in [0.2, 0.25) is 11.8 Å². The maximum atomic E-state index is 13.7. The maximum absolute atomic E-state index is 13.7. The zero-order chi connectivity index (χ0) is 23.5. The monoisotopic (exact) mass is 451 g/mol. The zero-order valence-corrected chi connectivity index (χ0v) is 17.9. The zero-order valence-electron chi connectivity index (χ0n) is 17.9. The molecule has 3 heterocycles. The lowest BCUT2D eigenvalue weighted by Crippen LogP contribution is -2.27. The van der Waals surface area contributed by atoms with Crippen LogP contribution in [0.1, 0.15) is 11.3 Å². The molecule has 0 bridgehead atoms. The van der Waals surface area contributed by atoms with Gasteiger partial charge < -0.3 is 14.3 Å². The molecule has 0 atom stereocenters. The summed E-state index contributed by atoms with van der Waals surface area (Å²) in [5.41, 5.74) is 4.47. The van der Waals surface area contributed by atoms with E-state index in [2.05, 4.69) is 21.4 Å². The molecule has 0 spiro atoms. The number of aromatic nitrogens is 3. The Labute approximate surface area is 194 Å². The van der Waals surface area contributed by atoms with E-state index in [0.29, 0.717) is 33.7 Å². The van der Waals surface area contributed by atoms with Gasteiger partial charge in [-0.15, -0.1) is 0 Å². The number of benzene rings is 2. The summed E-state index contributed by atoms with van der Waals surface area (Å²) in [4.78, 5) is 21.4. The molecule has 0 saturated heterocycles. The molecule has 8 heteroatoms. The Balaban J connectivity index is 1.29. The minimum atomic E-state index is -0.358. The van der Waals surface area contributed by atoms with Gasteiger partial charge in [-0.3, -0.25) is 9.78 Å². The summed E-state index contributed by atoms with van der Waals surface area (Å²) < 4.78 is 20.9. The molecule has 0 radical (unpaired) electrons. The van der Waals surface area contributed by atoms with Gasteiger partial charge in [-0.1, -0.05) is 18.2 Å². The Bertz CT molecular complexity index is 1500. The van der Waals surface area contributed by atoms with Gasteiger partial charge >= 0.3 is 0 Å². The lowest BCUT2D eigenvalue weighted by molar-refractivity contribution is -0.121. The molecule has 34 heavy (non-hydrogen) atoms. The second kappa shape index (κ2) is 9.00. The van der Waals surface area contributed by atoms with Gasteiger partial charge in [0.05, 0.1) is 30.1 Å². The Kier molecular flexibility index (Phi) is 5.58. The first-order valence-electron chi connectivity index (χ1n) is 10.5. The molecule has 3 aromatic heterocycles. The number of amides is 1. The molecule has 7 nitrogen and oxygen atoms in total. The van der Waals surface area contributed by atoms with Crippen molar-refractivity contribution in [1.29, 1.82) is 5.26 Å². The van der Waals surface area contributed by atoms with Crippen molar-refractivity contribution in [1.82, 2.24) is 19.9 Å². The fourth-order valence-corrected chi connectivity index (χ4v) is 3.76. The minimum Gasteiger partial charge on any atom is -0.443 e. The summed E-state index contributed by atoms with van der Waals surface area (Å²) in [6.45, 7) is 0.269. The number of fused-ring (bicyclic) bond motifs is 1. The van der Waals surface area contributed by atoms with E-state index in [0.717, 1.165) is 11.1 Å². The molecule has 0 aliphatic carbocycles. The Hall–Kier alpha value is -4.77. The smallest absolute Gasteiger partial charge is 0.243 e. The number of nitrogens with zero attached hydrogens (tertiary/aromatic N) is 4. The van der Waals surface area contributed by atoms with Crippen LogP contribution in [0.2, 0.25) is 0 Å². The first-order valence-corrected chi connectivity index (χ1v) is 10.5. The fraction of sp³-hybridized carbons (Fsp3) is 0.0769. The molecule has 2 aromatic carbocycles. The lowest BCUT2D eigenvalue weighted by Gasteiger charge is -2.10. The molecule has 0 unspecified atom stereocenters. The summed E-state index contributed by atoms with van der Waals surface area (Å²) >= 11 is 0. The van der Waals surface area contributed by atoms with E-state index >= 15 is 0 Å². The predicted molar refractivity (Wildman–Crippen MR) is 124 cm³/mol. The molecule has 1 amide bonds. The summed E-state index contributed by atoms with van der Waals surface area (Å²) in [7, 11) is 0. The highest BCUT2D eigenvalue weighted by Gasteiger charge is 2.17. The molecule has 0 aliphatic rings. The minimum absolute atomic E-state index is 0.0101. The first-order chi connectivity index (χ1) is 16.6. The second-order valence-electron chi connectivity index (χ2n) is 7.66. The van der Waals surface area contributed by atoms with E-state index in [1.54, 1.807) is 35.0 Å². The van der Waals surface area contributed by atoms with Crippen molar-refractivity contribution in [3.8, 4) is 28.8 Å². The number of hydrogen-bond acceptors (Lipinski definition) is 5. The Morgan fingerprint density at radius 1 is 1.06 bits per heavy atom. The summed E-state index contributed by atoms with van der Waals surface area (Å²) in [5.74, 6) is -0.236. The van der Waals surface area contributed by atoms with Crippen molar-refractivity contribution in [2.45, 2.75) is 13.1 Å². The average molecular weight is 451 g/mol. The van der Waals surface area contributed by atoms with Crippen LogP contribution < -0.4 is 5.32 Å². The van der Waals surface area contributed by atoms with E-state index < -0.39 is 0 Å². The number of halogens is 1. The third kappa shape index (κ3) is 4.27. The molecular weight excluding hydrogens is 433 g/mol. The maximum Gasteiger partial charge on any atom is 0.243 e. The van der Waals surface area contributed by atoms with Crippen molar-refractivity contribution >= 4 is 16.8 Å². The van der Waals surface area contributed by atoms with Crippen LogP contribution >= 0.6 is 0 Å². The number of carbonyl (C=O) groups is 1. The summed E-state index contributed by atoms with van der Waals surface area (Å²) in [6, 6.07) is 19.3. The quantitative estimate of drug-likeness (QED) is 0.404. The van der Waals surface area contributed by atoms with Crippen LogP contribution in [0, 0.1) is 17.1 Å². The molecule has 5 aromatic rings. The molecular formula is C26H18FN5O2. The van der Waals surface area contributed by atoms with E-state index in [1.165, 1.54) is 24.6 Å². The van der Waals surface area contributed by atoms with Crippen molar-refractivity contribution < 1.29 is 13.6 Å². The SMILES string of the molecule is N#Cc1ccc(-c2ccc(CNC(=O)Cn3c(-c4ncco4)cc4cc(F)ccc43)nc2)cc1. The Morgan fingerprint density at radius 2 is 1.88 bits per heavy atom. The number of hydrogen-bond donors (Lipinski definition) is 1. The van der Waals surface area contributed by atoms with Gasteiger partial charge in [0.25, 0.3) is 0 Å². The third-order valence-electron chi connectivity index (χ3n) is 5.46. The number of carbonyl (C=O) groups excluding carboxylic acids is 1. The molecule has 0 fully saturated rings. The topological polar surface area (TPSA) is 96.7 Å². The largest absolute Gasteiger partial charge is 0.443 e. The van der Waals surface area contributed by atoms with Gasteiger partial charge in [0.15, 0.2) is 0 Å². The summed E-state index contributed by atoms with van der Waals surface area (Å²) in [5, 5.41) is 12.5. The average Bonchev–Trinajstić information content (AvgIpc) is 3.51. The van der Waals surface area contributed by atoms with E-state index in [1.807, 2.05) is 24.3 Å². The number of nitriles is 1. The highest BCUT2D eigenvalue weighted by molar-refractivity contribution is 5.88. The van der Waals surface area contributed by atoms with Gasteiger partial charge in [-0.2, -0.15) is 5.26 Å². The summed E-state index contributed by atoms with van der Waals surface area (Å²) in [6.07, 6.45) is 4.70. The van der Waals surface area contributed by atoms with Crippen LogP contribution in [0.5, 0.6) is 0 Å². The lowest BCUT2D eigenvalue weighted by atomic mass is 10.1.